The SMILES string of the molecule is CCCNC(Cc1ccc(C)c(C)c1)c1cccc(I)c1. The summed E-state index contributed by atoms with van der Waals surface area (Å²) >= 11 is 2.39. The lowest BCUT2D eigenvalue weighted by atomic mass is 9.96. The standard InChI is InChI=1S/C19H24IN/c1-4-10-21-19(17-6-5-7-18(20)13-17)12-16-9-8-14(2)15(3)11-16/h5-9,11,13,19,21H,4,10,12H2,1-3H3. The molecule has 1 atom stereocenters. The molecule has 2 aromatic rings. The van der Waals surface area contributed by atoms with Gasteiger partial charge in [-0.05, 0) is 90.2 Å². The molecule has 2 rings (SSSR count). The Kier molecular flexibility index (Phi) is 6.24. The van der Waals surface area contributed by atoms with Gasteiger partial charge < -0.3 is 5.32 Å². The van der Waals surface area contributed by atoms with Crippen LogP contribution in [0.25, 0.3) is 0 Å². The van der Waals surface area contributed by atoms with Crippen LogP contribution in [0.1, 0.15) is 41.6 Å². The predicted molar refractivity (Wildman–Crippen MR) is 99.8 cm³/mol. The summed E-state index contributed by atoms with van der Waals surface area (Å²) in [7, 11) is 0. The van der Waals surface area contributed by atoms with Gasteiger partial charge in [-0.2, -0.15) is 0 Å². The number of hydrogen-bond acceptors (Lipinski definition) is 1. The lowest BCUT2D eigenvalue weighted by Crippen LogP contribution is -2.24. The van der Waals surface area contributed by atoms with E-state index in [-0.39, 0.29) is 0 Å². The summed E-state index contributed by atoms with van der Waals surface area (Å²) in [5, 5.41) is 3.69. The van der Waals surface area contributed by atoms with Crippen molar-refractivity contribution in [2.45, 2.75) is 39.7 Å². The highest BCUT2D eigenvalue weighted by Gasteiger charge is 2.12. The van der Waals surface area contributed by atoms with Crippen molar-refractivity contribution >= 4 is 22.6 Å². The summed E-state index contributed by atoms with van der Waals surface area (Å²) in [6.07, 6.45) is 2.20. The number of benzene rings is 2. The minimum Gasteiger partial charge on any atom is -0.310 e. The third-order valence-electron chi connectivity index (χ3n) is 3.90. The third-order valence-corrected chi connectivity index (χ3v) is 4.57. The van der Waals surface area contributed by atoms with E-state index < -0.39 is 0 Å². The van der Waals surface area contributed by atoms with Gasteiger partial charge in [0.2, 0.25) is 0 Å². The summed E-state index contributed by atoms with van der Waals surface area (Å²) in [6, 6.07) is 16.0. The smallest absolute Gasteiger partial charge is 0.0361 e. The van der Waals surface area contributed by atoms with Crippen molar-refractivity contribution in [3.63, 3.8) is 0 Å². The van der Waals surface area contributed by atoms with E-state index in [1.54, 1.807) is 0 Å². The summed E-state index contributed by atoms with van der Waals surface area (Å²) in [6.45, 7) is 7.64. The van der Waals surface area contributed by atoms with Crippen LogP contribution in [0, 0.1) is 17.4 Å². The van der Waals surface area contributed by atoms with E-state index in [0.29, 0.717) is 6.04 Å². The van der Waals surface area contributed by atoms with Crippen molar-refractivity contribution in [2.24, 2.45) is 0 Å². The Labute approximate surface area is 142 Å². The first kappa shape index (κ1) is 16.5. The number of hydrogen-bond donors (Lipinski definition) is 1. The topological polar surface area (TPSA) is 12.0 Å². The minimum absolute atomic E-state index is 0.391. The quantitative estimate of drug-likeness (QED) is 0.666. The van der Waals surface area contributed by atoms with Crippen molar-refractivity contribution in [1.29, 1.82) is 0 Å². The van der Waals surface area contributed by atoms with Gasteiger partial charge in [-0.3, -0.25) is 0 Å². The van der Waals surface area contributed by atoms with E-state index in [9.17, 15) is 0 Å². The maximum Gasteiger partial charge on any atom is 0.0361 e. The number of halogens is 1. The molecule has 0 aliphatic heterocycles. The fraction of sp³-hybridized carbons (Fsp3) is 0.368. The number of rotatable bonds is 6. The van der Waals surface area contributed by atoms with E-state index in [4.69, 9.17) is 0 Å². The number of nitrogens with one attached hydrogen (secondary N) is 1. The lowest BCUT2D eigenvalue weighted by molar-refractivity contribution is 0.529. The van der Waals surface area contributed by atoms with Gasteiger partial charge in [-0.25, -0.2) is 0 Å². The molecule has 0 saturated carbocycles. The van der Waals surface area contributed by atoms with E-state index in [1.807, 2.05) is 0 Å². The summed E-state index contributed by atoms with van der Waals surface area (Å²) in [5.41, 5.74) is 5.54. The van der Waals surface area contributed by atoms with Crippen LogP contribution in [-0.2, 0) is 6.42 Å². The molecule has 112 valence electrons. The van der Waals surface area contributed by atoms with Crippen molar-refractivity contribution in [3.8, 4) is 0 Å². The van der Waals surface area contributed by atoms with Gasteiger partial charge in [-0.15, -0.1) is 0 Å². The minimum atomic E-state index is 0.391. The summed E-state index contributed by atoms with van der Waals surface area (Å²) in [5.74, 6) is 0. The maximum atomic E-state index is 3.69. The first-order chi connectivity index (χ1) is 10.1. The van der Waals surface area contributed by atoms with Crippen LogP contribution in [0.5, 0.6) is 0 Å². The van der Waals surface area contributed by atoms with Gasteiger partial charge in [0, 0.05) is 9.61 Å². The Bertz CT molecular complexity index is 592. The van der Waals surface area contributed by atoms with Crippen LogP contribution in [0.2, 0.25) is 0 Å². The van der Waals surface area contributed by atoms with Gasteiger partial charge in [0.15, 0.2) is 0 Å². The van der Waals surface area contributed by atoms with Gasteiger partial charge in [0.25, 0.3) is 0 Å². The van der Waals surface area contributed by atoms with Gasteiger partial charge >= 0.3 is 0 Å². The molecule has 2 heteroatoms. The summed E-state index contributed by atoms with van der Waals surface area (Å²) < 4.78 is 1.30. The first-order valence-corrected chi connectivity index (χ1v) is 8.73. The molecule has 0 aromatic heterocycles. The van der Waals surface area contributed by atoms with E-state index >= 15 is 0 Å². The van der Waals surface area contributed by atoms with Gasteiger partial charge in [0.1, 0.15) is 0 Å². The molecule has 0 amide bonds. The second-order valence-corrected chi connectivity index (χ2v) is 6.93. The van der Waals surface area contributed by atoms with Crippen LogP contribution < -0.4 is 5.32 Å². The molecule has 1 nitrogen and oxygen atoms in total. The van der Waals surface area contributed by atoms with E-state index in [2.05, 4.69) is 91.1 Å². The molecule has 0 heterocycles. The zero-order chi connectivity index (χ0) is 15.2. The van der Waals surface area contributed by atoms with Crippen molar-refractivity contribution < 1.29 is 0 Å². The lowest BCUT2D eigenvalue weighted by Gasteiger charge is -2.20. The molecule has 1 unspecified atom stereocenters. The Morgan fingerprint density at radius 1 is 1.05 bits per heavy atom. The highest BCUT2D eigenvalue weighted by molar-refractivity contribution is 14.1. The largest absolute Gasteiger partial charge is 0.310 e. The zero-order valence-electron chi connectivity index (χ0n) is 13.1. The molecule has 21 heavy (non-hydrogen) atoms. The van der Waals surface area contributed by atoms with Gasteiger partial charge in [-0.1, -0.05) is 37.3 Å². The Morgan fingerprint density at radius 2 is 1.86 bits per heavy atom. The Hall–Kier alpha value is -0.870. The fourth-order valence-electron chi connectivity index (χ4n) is 2.52. The van der Waals surface area contributed by atoms with Gasteiger partial charge in [0.05, 0.1) is 0 Å². The second kappa shape index (κ2) is 7.95. The monoisotopic (exact) mass is 393 g/mol. The molecule has 0 saturated heterocycles. The van der Waals surface area contributed by atoms with Crippen molar-refractivity contribution in [3.05, 3.63) is 68.3 Å². The molecule has 0 aliphatic carbocycles. The molecular weight excluding hydrogens is 369 g/mol. The average molecular weight is 393 g/mol. The highest BCUT2D eigenvalue weighted by atomic mass is 127. The zero-order valence-corrected chi connectivity index (χ0v) is 15.3. The molecule has 0 fully saturated rings. The molecule has 0 spiro atoms. The summed E-state index contributed by atoms with van der Waals surface area (Å²) in [4.78, 5) is 0. The first-order valence-electron chi connectivity index (χ1n) is 7.65. The Balaban J connectivity index is 2.21. The Morgan fingerprint density at radius 3 is 2.52 bits per heavy atom. The van der Waals surface area contributed by atoms with Crippen LogP contribution in [-0.4, -0.2) is 6.54 Å². The van der Waals surface area contributed by atoms with Crippen molar-refractivity contribution in [1.82, 2.24) is 5.32 Å². The third kappa shape index (κ3) is 4.82. The normalized spacial score (nSPS) is 12.4. The fourth-order valence-corrected chi connectivity index (χ4v) is 3.08. The van der Waals surface area contributed by atoms with Crippen LogP contribution in [0.4, 0.5) is 0 Å². The maximum absolute atomic E-state index is 3.69. The average Bonchev–Trinajstić information content (AvgIpc) is 2.47. The van der Waals surface area contributed by atoms with Crippen LogP contribution >= 0.6 is 22.6 Å². The molecule has 0 bridgehead atoms. The molecule has 1 N–H and O–H groups in total. The molecule has 2 aromatic carbocycles. The second-order valence-electron chi connectivity index (χ2n) is 5.68. The van der Waals surface area contributed by atoms with E-state index in [0.717, 1.165) is 19.4 Å². The molecule has 0 radical (unpaired) electrons. The van der Waals surface area contributed by atoms with Crippen molar-refractivity contribution in [2.75, 3.05) is 6.54 Å². The molecular formula is C19H24IN. The van der Waals surface area contributed by atoms with Crippen LogP contribution in [0.15, 0.2) is 42.5 Å². The van der Waals surface area contributed by atoms with Crippen LogP contribution in [0.3, 0.4) is 0 Å². The van der Waals surface area contributed by atoms with E-state index in [1.165, 1.54) is 25.8 Å². The predicted octanol–water partition coefficient (Wildman–Crippen LogP) is 5.19. The number of aryl methyl sites for hydroxylation is 2. The highest BCUT2D eigenvalue weighted by Crippen LogP contribution is 2.22. The molecule has 0 aliphatic rings.